The molecule has 1 aromatic carbocycles. The van der Waals surface area contributed by atoms with Crippen LogP contribution >= 0.6 is 11.6 Å². The molecule has 2 aromatic heterocycles. The number of ether oxygens (including phenoxy) is 1. The average Bonchev–Trinajstić information content (AvgIpc) is 3.23. The van der Waals surface area contributed by atoms with Gasteiger partial charge in [0.2, 0.25) is 0 Å². The number of carbonyl (C=O) groups is 1. The number of amides is 1. The first-order valence-corrected chi connectivity index (χ1v) is 10.8. The zero-order valence-electron chi connectivity index (χ0n) is 18.0. The van der Waals surface area contributed by atoms with Crippen molar-refractivity contribution in [3.8, 4) is 5.75 Å². The summed E-state index contributed by atoms with van der Waals surface area (Å²) in [6.45, 7) is 2.67. The molecule has 11 heteroatoms. The highest BCUT2D eigenvalue weighted by Crippen LogP contribution is 2.32. The van der Waals surface area contributed by atoms with Crippen molar-refractivity contribution in [3.05, 3.63) is 47.4 Å². The zero-order valence-corrected chi connectivity index (χ0v) is 18.8. The number of anilines is 2. The first-order valence-electron chi connectivity index (χ1n) is 10.4. The largest absolute Gasteiger partial charge is 0.494 e. The van der Waals surface area contributed by atoms with Crippen LogP contribution in [0.3, 0.4) is 0 Å². The number of methoxy groups -OCH3 is 1. The van der Waals surface area contributed by atoms with Crippen LogP contribution in [0.4, 0.5) is 11.4 Å². The molecule has 167 valence electrons. The van der Waals surface area contributed by atoms with Gasteiger partial charge < -0.3 is 24.8 Å². The number of aromatic nitrogens is 3. The molecule has 9 nitrogen and oxygen atoms in total. The first-order chi connectivity index (χ1) is 15.6. The molecule has 0 atom stereocenters. The Morgan fingerprint density at radius 3 is 2.84 bits per heavy atom. The van der Waals surface area contributed by atoms with Gasteiger partial charge in [0.15, 0.2) is 11.4 Å². The molecular formula is C21H25BClN6O3. The average molecular weight is 456 g/mol. The molecule has 0 aliphatic carbocycles. The molecule has 1 saturated heterocycles. The van der Waals surface area contributed by atoms with Gasteiger partial charge in [0.05, 0.1) is 37.1 Å². The molecule has 1 fully saturated rings. The highest BCUT2D eigenvalue weighted by Gasteiger charge is 2.23. The van der Waals surface area contributed by atoms with Gasteiger partial charge in [-0.05, 0) is 43.5 Å². The normalized spacial score (nSPS) is 14.5. The molecule has 1 amide bonds. The van der Waals surface area contributed by atoms with Gasteiger partial charge in [-0.25, -0.2) is 9.50 Å². The minimum absolute atomic E-state index is 0.296. The summed E-state index contributed by atoms with van der Waals surface area (Å²) in [6.07, 6.45) is 6.81. The smallest absolute Gasteiger partial charge is 0.395 e. The number of halogens is 1. The molecule has 2 N–H and O–H groups in total. The number of fused-ring (bicyclic) bond motifs is 1. The van der Waals surface area contributed by atoms with Gasteiger partial charge >= 0.3 is 7.62 Å². The van der Waals surface area contributed by atoms with Gasteiger partial charge in [0, 0.05) is 25.2 Å². The van der Waals surface area contributed by atoms with Crippen LogP contribution in [0.1, 0.15) is 23.2 Å². The maximum atomic E-state index is 13.1. The van der Waals surface area contributed by atoms with Crippen LogP contribution < -0.4 is 20.2 Å². The lowest BCUT2D eigenvalue weighted by Crippen LogP contribution is -2.38. The fourth-order valence-corrected chi connectivity index (χ4v) is 4.05. The van der Waals surface area contributed by atoms with Crippen molar-refractivity contribution >= 4 is 42.1 Å². The van der Waals surface area contributed by atoms with Gasteiger partial charge in [-0.2, -0.15) is 5.10 Å². The first kappa shape index (κ1) is 22.4. The summed E-state index contributed by atoms with van der Waals surface area (Å²) in [6, 6.07) is 5.57. The number of hydrogen-bond donors (Lipinski definition) is 2. The Morgan fingerprint density at radius 2 is 2.09 bits per heavy atom. The second-order valence-electron chi connectivity index (χ2n) is 7.63. The van der Waals surface area contributed by atoms with Crippen molar-refractivity contribution < 1.29 is 14.2 Å². The monoisotopic (exact) mass is 455 g/mol. The molecular weight excluding hydrogens is 431 g/mol. The lowest BCUT2D eigenvalue weighted by Gasteiger charge is -2.35. The third-order valence-electron chi connectivity index (χ3n) is 5.58. The summed E-state index contributed by atoms with van der Waals surface area (Å²) in [4.78, 5) is 19.7. The van der Waals surface area contributed by atoms with E-state index in [2.05, 4.69) is 25.5 Å². The van der Waals surface area contributed by atoms with Crippen molar-refractivity contribution in [2.75, 3.05) is 44.1 Å². The standard InChI is InChI=1S/C21H25BClN6O3/c1-31-16-11-24-20-17(12-26-29(20)13-16)21(30)27-18-9-15(23)3-4-19(18)28-7-5-14(6-8-28)10-25-22-32-2/h3-4,9,11-14,25H,5-8,10H2,1-2H3,(H,27,30). The van der Waals surface area contributed by atoms with Gasteiger partial charge in [0.25, 0.3) is 5.91 Å². The van der Waals surface area contributed by atoms with E-state index in [9.17, 15) is 4.79 Å². The number of benzene rings is 1. The summed E-state index contributed by atoms with van der Waals surface area (Å²) in [5, 5.41) is 11.0. The van der Waals surface area contributed by atoms with E-state index in [0.29, 0.717) is 33.6 Å². The van der Waals surface area contributed by atoms with Crippen LogP contribution in [0.2, 0.25) is 5.02 Å². The maximum absolute atomic E-state index is 13.1. The predicted octanol–water partition coefficient (Wildman–Crippen LogP) is 2.63. The Kier molecular flexibility index (Phi) is 7.14. The highest BCUT2D eigenvalue weighted by molar-refractivity contribution is 6.31. The zero-order chi connectivity index (χ0) is 22.5. The number of nitrogens with zero attached hydrogens (tertiary/aromatic N) is 4. The van der Waals surface area contributed by atoms with Crippen molar-refractivity contribution in [1.29, 1.82) is 0 Å². The molecule has 0 saturated carbocycles. The molecule has 1 aliphatic heterocycles. The fourth-order valence-electron chi connectivity index (χ4n) is 3.87. The maximum Gasteiger partial charge on any atom is 0.395 e. The molecule has 1 radical (unpaired) electrons. The Morgan fingerprint density at radius 1 is 1.28 bits per heavy atom. The number of hydrogen-bond acceptors (Lipinski definition) is 7. The van der Waals surface area contributed by atoms with E-state index in [1.54, 1.807) is 40.3 Å². The third-order valence-corrected chi connectivity index (χ3v) is 5.82. The Balaban J connectivity index is 1.49. The third kappa shape index (κ3) is 4.98. The molecule has 3 aromatic rings. The SMILES string of the molecule is CO[B]NCC1CCN(c2ccc(Cl)cc2NC(=O)c2cnn3cc(OC)cnc23)CC1. The van der Waals surface area contributed by atoms with Crippen molar-refractivity contribution in [2.45, 2.75) is 12.8 Å². The summed E-state index contributed by atoms with van der Waals surface area (Å²) in [5.41, 5.74) is 2.44. The Bertz CT molecular complexity index is 1090. The molecule has 0 bridgehead atoms. The van der Waals surface area contributed by atoms with Crippen LogP contribution in [0.15, 0.2) is 36.8 Å². The van der Waals surface area contributed by atoms with E-state index < -0.39 is 0 Å². The van der Waals surface area contributed by atoms with Crippen molar-refractivity contribution in [1.82, 2.24) is 19.8 Å². The van der Waals surface area contributed by atoms with Gasteiger partial charge in [-0.3, -0.25) is 4.79 Å². The van der Waals surface area contributed by atoms with Gasteiger partial charge in [-0.1, -0.05) is 11.6 Å². The molecule has 3 heterocycles. The van der Waals surface area contributed by atoms with E-state index in [4.69, 9.17) is 21.0 Å². The predicted molar refractivity (Wildman–Crippen MR) is 125 cm³/mol. The summed E-state index contributed by atoms with van der Waals surface area (Å²) >= 11 is 6.25. The Hall–Kier alpha value is -2.82. The highest BCUT2D eigenvalue weighted by atomic mass is 35.5. The number of carbonyl (C=O) groups excluding carboxylic acids is 1. The summed E-state index contributed by atoms with van der Waals surface area (Å²) in [7, 11) is 4.80. The minimum Gasteiger partial charge on any atom is -0.494 e. The molecule has 1 aliphatic rings. The van der Waals surface area contributed by atoms with Crippen LogP contribution in [-0.4, -0.2) is 62.0 Å². The lowest BCUT2D eigenvalue weighted by molar-refractivity contribution is 0.102. The van der Waals surface area contributed by atoms with Crippen LogP contribution in [-0.2, 0) is 4.65 Å². The van der Waals surface area contributed by atoms with Crippen molar-refractivity contribution in [3.63, 3.8) is 0 Å². The summed E-state index contributed by atoms with van der Waals surface area (Å²) in [5.74, 6) is 0.837. The van der Waals surface area contributed by atoms with Crippen LogP contribution in [0, 0.1) is 5.92 Å². The van der Waals surface area contributed by atoms with Gasteiger partial charge in [-0.15, -0.1) is 0 Å². The number of rotatable bonds is 8. The van der Waals surface area contributed by atoms with E-state index in [0.717, 1.165) is 38.2 Å². The van der Waals surface area contributed by atoms with E-state index in [-0.39, 0.29) is 5.91 Å². The molecule has 0 spiro atoms. The second-order valence-corrected chi connectivity index (χ2v) is 8.06. The summed E-state index contributed by atoms with van der Waals surface area (Å²) < 4.78 is 11.6. The van der Waals surface area contributed by atoms with E-state index >= 15 is 0 Å². The topological polar surface area (TPSA) is 93.0 Å². The second kappa shape index (κ2) is 10.2. The van der Waals surface area contributed by atoms with Crippen LogP contribution in [0.5, 0.6) is 5.75 Å². The quantitative estimate of drug-likeness (QED) is 0.398. The van der Waals surface area contributed by atoms with Crippen molar-refractivity contribution in [2.24, 2.45) is 5.92 Å². The molecule has 0 unspecified atom stereocenters. The van der Waals surface area contributed by atoms with Crippen LogP contribution in [0.25, 0.3) is 5.65 Å². The number of piperidine rings is 1. The lowest BCUT2D eigenvalue weighted by atomic mass is 9.95. The van der Waals surface area contributed by atoms with Gasteiger partial charge in [0.1, 0.15) is 5.56 Å². The molecule has 4 rings (SSSR count). The number of nitrogens with one attached hydrogen (secondary N) is 2. The molecule has 32 heavy (non-hydrogen) atoms. The fraction of sp³-hybridized carbons (Fsp3) is 0.381. The Labute approximate surface area is 192 Å². The van der Waals surface area contributed by atoms with E-state index in [1.807, 2.05) is 12.1 Å². The van der Waals surface area contributed by atoms with E-state index in [1.165, 1.54) is 10.7 Å². The minimum atomic E-state index is -0.296.